The highest BCUT2D eigenvalue weighted by Gasteiger charge is 2.17. The summed E-state index contributed by atoms with van der Waals surface area (Å²) < 4.78 is 0. The zero-order chi connectivity index (χ0) is 14.5. The van der Waals surface area contributed by atoms with Crippen LogP contribution in [0.4, 0.5) is 0 Å². The summed E-state index contributed by atoms with van der Waals surface area (Å²) in [5.41, 5.74) is 1.77. The van der Waals surface area contributed by atoms with E-state index in [1.165, 1.54) is 4.90 Å². The predicted molar refractivity (Wildman–Crippen MR) is 77.3 cm³/mol. The molecule has 0 aliphatic rings. The van der Waals surface area contributed by atoms with Crippen LogP contribution in [0.5, 0.6) is 0 Å². The molecule has 1 aromatic heterocycles. The highest BCUT2D eigenvalue weighted by Crippen LogP contribution is 2.29. The lowest BCUT2D eigenvalue weighted by Crippen LogP contribution is -2.27. The van der Waals surface area contributed by atoms with Gasteiger partial charge in [0, 0.05) is 18.8 Å². The van der Waals surface area contributed by atoms with Gasteiger partial charge < -0.3 is 4.90 Å². The Morgan fingerprint density at radius 3 is 2.80 bits per heavy atom. The molecule has 5 heteroatoms. The summed E-state index contributed by atoms with van der Waals surface area (Å²) in [5.74, 6) is -0.283. The van der Waals surface area contributed by atoms with Gasteiger partial charge in [0.05, 0.1) is 22.3 Å². The quantitative estimate of drug-likeness (QED) is 0.815. The molecule has 1 aromatic carbocycles. The van der Waals surface area contributed by atoms with Crippen molar-refractivity contribution in [1.29, 1.82) is 5.26 Å². The van der Waals surface area contributed by atoms with Crippen LogP contribution in [-0.4, -0.2) is 29.4 Å². The number of benzene rings is 1. The first-order chi connectivity index (χ1) is 9.65. The first-order valence-electron chi connectivity index (χ1n) is 5.97. The van der Waals surface area contributed by atoms with E-state index in [9.17, 15) is 4.79 Å². The van der Waals surface area contributed by atoms with Crippen LogP contribution in [0, 0.1) is 11.3 Å². The molecule has 20 heavy (non-hydrogen) atoms. The first kappa shape index (κ1) is 14.0. The minimum atomic E-state index is -0.283. The number of carbonyl (C=O) groups is 1. The van der Waals surface area contributed by atoms with Crippen molar-refractivity contribution in [3.8, 4) is 17.3 Å². The first-order valence-corrected chi connectivity index (χ1v) is 6.35. The van der Waals surface area contributed by atoms with Gasteiger partial charge in [-0.3, -0.25) is 9.78 Å². The van der Waals surface area contributed by atoms with Crippen molar-refractivity contribution >= 4 is 17.5 Å². The van der Waals surface area contributed by atoms with E-state index < -0.39 is 0 Å². The van der Waals surface area contributed by atoms with Gasteiger partial charge in [0.1, 0.15) is 6.54 Å². The van der Waals surface area contributed by atoms with Gasteiger partial charge >= 0.3 is 0 Å². The molecule has 0 saturated carbocycles. The fourth-order valence-corrected chi connectivity index (χ4v) is 2.10. The van der Waals surface area contributed by atoms with Crippen LogP contribution in [0.2, 0.25) is 5.02 Å². The topological polar surface area (TPSA) is 57.0 Å². The Labute approximate surface area is 122 Å². The Balaban J connectivity index is 2.43. The number of aromatic nitrogens is 1. The molecule has 0 saturated heterocycles. The molecule has 0 fully saturated rings. The summed E-state index contributed by atoms with van der Waals surface area (Å²) in [6, 6.07) is 12.6. The largest absolute Gasteiger partial charge is 0.328 e. The average Bonchev–Trinajstić information content (AvgIpc) is 2.48. The third-order valence-corrected chi connectivity index (χ3v) is 3.23. The van der Waals surface area contributed by atoms with Gasteiger partial charge in [-0.05, 0) is 18.2 Å². The van der Waals surface area contributed by atoms with Crippen molar-refractivity contribution in [2.45, 2.75) is 0 Å². The van der Waals surface area contributed by atoms with E-state index in [0.29, 0.717) is 21.8 Å². The normalized spacial score (nSPS) is 9.85. The van der Waals surface area contributed by atoms with E-state index in [1.807, 2.05) is 30.3 Å². The summed E-state index contributed by atoms with van der Waals surface area (Å²) in [7, 11) is 1.56. The van der Waals surface area contributed by atoms with Crippen LogP contribution < -0.4 is 0 Å². The zero-order valence-electron chi connectivity index (χ0n) is 10.9. The molecule has 0 atom stereocenters. The lowest BCUT2D eigenvalue weighted by molar-refractivity contribution is 0.0812. The smallest absolute Gasteiger partial charge is 0.255 e. The molecule has 2 rings (SSSR count). The molecular formula is C15H12ClN3O. The SMILES string of the molecule is CN(CC#N)C(=O)c1cccc(-c2ccccn2)c1Cl. The van der Waals surface area contributed by atoms with Gasteiger partial charge in [0.15, 0.2) is 0 Å². The van der Waals surface area contributed by atoms with Crippen LogP contribution in [0.3, 0.4) is 0 Å². The van der Waals surface area contributed by atoms with Gasteiger partial charge in [-0.2, -0.15) is 5.26 Å². The number of nitriles is 1. The van der Waals surface area contributed by atoms with Gasteiger partial charge in [0.2, 0.25) is 0 Å². The van der Waals surface area contributed by atoms with Crippen LogP contribution in [0.25, 0.3) is 11.3 Å². The number of halogens is 1. The number of rotatable bonds is 3. The van der Waals surface area contributed by atoms with Crippen molar-refractivity contribution in [2.24, 2.45) is 0 Å². The predicted octanol–water partition coefficient (Wildman–Crippen LogP) is 3.00. The number of carbonyl (C=O) groups excluding carboxylic acids is 1. The Hall–Kier alpha value is -2.38. The molecule has 0 aliphatic carbocycles. The molecular weight excluding hydrogens is 274 g/mol. The van der Waals surface area contributed by atoms with Gasteiger partial charge in [-0.25, -0.2) is 0 Å². The molecule has 0 spiro atoms. The van der Waals surface area contributed by atoms with Crippen molar-refractivity contribution < 1.29 is 4.79 Å². The van der Waals surface area contributed by atoms with E-state index in [2.05, 4.69) is 4.98 Å². The van der Waals surface area contributed by atoms with Crippen molar-refractivity contribution in [3.63, 3.8) is 0 Å². The highest BCUT2D eigenvalue weighted by atomic mass is 35.5. The summed E-state index contributed by atoms with van der Waals surface area (Å²) in [6.45, 7) is 0.0168. The second kappa shape index (κ2) is 6.18. The Bertz CT molecular complexity index is 665. The fourth-order valence-electron chi connectivity index (χ4n) is 1.80. The second-order valence-corrected chi connectivity index (χ2v) is 4.58. The molecule has 4 nitrogen and oxygen atoms in total. The number of hydrogen-bond donors (Lipinski definition) is 0. The maximum absolute atomic E-state index is 12.2. The van der Waals surface area contributed by atoms with E-state index >= 15 is 0 Å². The van der Waals surface area contributed by atoms with E-state index in [-0.39, 0.29) is 12.5 Å². The molecule has 1 amide bonds. The van der Waals surface area contributed by atoms with Crippen molar-refractivity contribution in [2.75, 3.05) is 13.6 Å². The Kier molecular flexibility index (Phi) is 4.34. The highest BCUT2D eigenvalue weighted by molar-refractivity contribution is 6.36. The van der Waals surface area contributed by atoms with Crippen molar-refractivity contribution in [1.82, 2.24) is 9.88 Å². The van der Waals surface area contributed by atoms with Crippen LogP contribution in [0.1, 0.15) is 10.4 Å². The minimum absolute atomic E-state index is 0.0168. The number of hydrogen-bond acceptors (Lipinski definition) is 3. The maximum atomic E-state index is 12.2. The standard InChI is InChI=1S/C15H12ClN3O/c1-19(10-8-17)15(20)12-6-4-5-11(14(12)16)13-7-2-3-9-18-13/h2-7,9H,10H2,1H3. The second-order valence-electron chi connectivity index (χ2n) is 4.20. The summed E-state index contributed by atoms with van der Waals surface area (Å²) in [5, 5.41) is 9.00. The summed E-state index contributed by atoms with van der Waals surface area (Å²) >= 11 is 6.31. The average molecular weight is 286 g/mol. The molecule has 0 radical (unpaired) electrons. The minimum Gasteiger partial charge on any atom is -0.328 e. The van der Waals surface area contributed by atoms with E-state index in [0.717, 1.165) is 0 Å². The summed E-state index contributed by atoms with van der Waals surface area (Å²) in [6.07, 6.45) is 1.67. The Morgan fingerprint density at radius 2 is 2.15 bits per heavy atom. The lowest BCUT2D eigenvalue weighted by Gasteiger charge is -2.15. The third kappa shape index (κ3) is 2.79. The lowest BCUT2D eigenvalue weighted by atomic mass is 10.1. The molecule has 1 heterocycles. The Morgan fingerprint density at radius 1 is 1.35 bits per heavy atom. The number of pyridine rings is 1. The van der Waals surface area contributed by atoms with Crippen LogP contribution in [-0.2, 0) is 0 Å². The number of amides is 1. The molecule has 2 aromatic rings. The number of nitrogens with zero attached hydrogens (tertiary/aromatic N) is 3. The fraction of sp³-hybridized carbons (Fsp3) is 0.133. The van der Waals surface area contributed by atoms with Crippen LogP contribution in [0.15, 0.2) is 42.6 Å². The van der Waals surface area contributed by atoms with Gasteiger partial charge in [0.25, 0.3) is 5.91 Å². The molecule has 100 valence electrons. The van der Waals surface area contributed by atoms with Gasteiger partial charge in [-0.1, -0.05) is 29.8 Å². The van der Waals surface area contributed by atoms with E-state index in [1.54, 1.807) is 25.4 Å². The monoisotopic (exact) mass is 285 g/mol. The maximum Gasteiger partial charge on any atom is 0.255 e. The van der Waals surface area contributed by atoms with Gasteiger partial charge in [-0.15, -0.1) is 0 Å². The molecule has 0 bridgehead atoms. The van der Waals surface area contributed by atoms with E-state index in [4.69, 9.17) is 16.9 Å². The zero-order valence-corrected chi connectivity index (χ0v) is 11.6. The molecule has 0 aliphatic heterocycles. The molecule has 0 unspecified atom stereocenters. The molecule has 0 N–H and O–H groups in total. The third-order valence-electron chi connectivity index (χ3n) is 2.82. The van der Waals surface area contributed by atoms with Crippen molar-refractivity contribution in [3.05, 3.63) is 53.2 Å². The van der Waals surface area contributed by atoms with Crippen LogP contribution >= 0.6 is 11.6 Å². The summed E-state index contributed by atoms with van der Waals surface area (Å²) in [4.78, 5) is 17.8.